The summed E-state index contributed by atoms with van der Waals surface area (Å²) in [5, 5.41) is 16.2. The van der Waals surface area contributed by atoms with E-state index in [1.807, 2.05) is 35.4 Å². The van der Waals surface area contributed by atoms with Crippen LogP contribution in [0.15, 0.2) is 83.9 Å². The molecule has 5 fully saturated rings. The molecule has 2 aromatic heterocycles. The van der Waals surface area contributed by atoms with E-state index < -0.39 is 20.9 Å². The Bertz CT molecular complexity index is 2740. The lowest BCUT2D eigenvalue weighted by molar-refractivity contribution is -0.384. The first-order valence-electron chi connectivity index (χ1n) is 23.4. The molecule has 0 unspecified atom stereocenters. The lowest BCUT2D eigenvalue weighted by Crippen LogP contribution is -2.55. The normalized spacial score (nSPS) is 21.5. The van der Waals surface area contributed by atoms with Gasteiger partial charge in [-0.05, 0) is 142 Å². The molecule has 6 heterocycles. The number of aromatic nitrogens is 2. The molecule has 5 aromatic rings. The molecule has 3 aromatic carbocycles. The van der Waals surface area contributed by atoms with Gasteiger partial charge in [0, 0.05) is 68.3 Å². The number of nitrogens with one attached hydrogen (secondary N) is 3. The highest BCUT2D eigenvalue weighted by atomic mass is 32.2. The van der Waals surface area contributed by atoms with Gasteiger partial charge in [-0.3, -0.25) is 19.8 Å². The minimum atomic E-state index is -4.54. The van der Waals surface area contributed by atoms with E-state index in [0.29, 0.717) is 73.3 Å². The maximum Gasteiger partial charge on any atom is 0.293 e. The first kappa shape index (κ1) is 42.0. The molecule has 15 nitrogen and oxygen atoms in total. The van der Waals surface area contributed by atoms with Crippen molar-refractivity contribution in [1.29, 1.82) is 0 Å². The topological polar surface area (TPSA) is 175 Å². The highest BCUT2D eigenvalue weighted by molar-refractivity contribution is 7.90. The maximum atomic E-state index is 14.3. The quantitative estimate of drug-likeness (QED) is 0.0807. The second-order valence-corrected chi connectivity index (χ2v) is 20.8. The van der Waals surface area contributed by atoms with Crippen molar-refractivity contribution < 1.29 is 27.6 Å². The zero-order valence-corrected chi connectivity index (χ0v) is 37.4. The van der Waals surface area contributed by atoms with E-state index in [-0.39, 0.29) is 27.8 Å². The Balaban J connectivity index is 0.830. The van der Waals surface area contributed by atoms with Crippen LogP contribution in [0.5, 0.6) is 5.88 Å². The number of nitro benzene ring substituents is 1. The number of piperidine rings is 1. The largest absolute Gasteiger partial charge is 0.474 e. The van der Waals surface area contributed by atoms with Crippen molar-refractivity contribution in [2.75, 3.05) is 67.7 Å². The fourth-order valence-corrected chi connectivity index (χ4v) is 12.4. The molecule has 11 rings (SSSR count). The highest BCUT2D eigenvalue weighted by Gasteiger charge is 2.50. The van der Waals surface area contributed by atoms with Crippen molar-refractivity contribution in [3.8, 4) is 5.88 Å². The molecule has 0 radical (unpaired) electrons. The van der Waals surface area contributed by atoms with E-state index in [4.69, 9.17) is 14.5 Å². The number of fused-ring (bicyclic) bond motifs is 2. The molecule has 4 aliphatic heterocycles. The van der Waals surface area contributed by atoms with Crippen LogP contribution >= 0.6 is 0 Å². The van der Waals surface area contributed by atoms with Crippen LogP contribution in [0, 0.1) is 21.4 Å². The zero-order chi connectivity index (χ0) is 44.3. The number of likely N-dealkylation sites (tertiary alicyclic amines) is 1. The van der Waals surface area contributed by atoms with Gasteiger partial charge in [-0.2, -0.15) is 4.98 Å². The molecule has 340 valence electrons. The number of benzene rings is 3. The second kappa shape index (κ2) is 16.9. The predicted octanol–water partition coefficient (Wildman–Crippen LogP) is 8.42. The van der Waals surface area contributed by atoms with Crippen molar-refractivity contribution in [1.82, 2.24) is 19.6 Å². The van der Waals surface area contributed by atoms with Crippen molar-refractivity contribution in [3.63, 3.8) is 0 Å². The molecule has 3 N–H and O–H groups in total. The van der Waals surface area contributed by atoms with E-state index in [1.54, 1.807) is 17.2 Å². The first-order chi connectivity index (χ1) is 31.6. The van der Waals surface area contributed by atoms with Gasteiger partial charge in [-0.25, -0.2) is 13.1 Å². The monoisotopic (exact) mass is 900 g/mol. The summed E-state index contributed by atoms with van der Waals surface area (Å²) in [6.07, 6.45) is 13.2. The molecule has 1 amide bonds. The van der Waals surface area contributed by atoms with Crippen molar-refractivity contribution in [2.24, 2.45) is 11.3 Å². The van der Waals surface area contributed by atoms with Crippen molar-refractivity contribution in [2.45, 2.75) is 87.1 Å². The molecule has 3 saturated heterocycles. The molecule has 65 heavy (non-hydrogen) atoms. The number of nitrogens with zero attached hydrogens (tertiary/aromatic N) is 5. The molecule has 6 aliphatic rings. The lowest BCUT2D eigenvalue weighted by atomic mass is 9.59. The average Bonchev–Trinajstić information content (AvgIpc) is 3.87. The molecule has 16 heteroatoms. The Morgan fingerprint density at radius 1 is 0.892 bits per heavy atom. The molecular weight excluding hydrogens is 845 g/mol. The lowest BCUT2D eigenvalue weighted by Gasteiger charge is -2.56. The summed E-state index contributed by atoms with van der Waals surface area (Å²) in [6.45, 7) is 5.39. The van der Waals surface area contributed by atoms with Crippen LogP contribution in [-0.2, 0) is 14.8 Å². The standard InChI is InChI=1S/C49H56N8O7S/c58-47(53-65(61,62)37-10-12-41(44(28-37)57(59)60)51-31-32-14-23-63-24-15-32)40-11-9-35(27-43(40)56-22-25-64-48-45(56)26-34-13-18-50-46(34)52-48)54-20-16-49(17-21-54)29-36(30-49)55-19-3-6-42(55)39-5-2-1-4-38(39)33-7-8-33/h1-2,4-5,9-13,18,26-28,32-33,36,42,51H,3,6-8,14-17,19-25,29-31H2,(H,50,52)(H,53,58)/t42-/m0/s1. The fourth-order valence-electron chi connectivity index (χ4n) is 11.4. The number of anilines is 4. The summed E-state index contributed by atoms with van der Waals surface area (Å²) >= 11 is 0. The number of ether oxygens (including phenoxy) is 2. The Labute approximate surface area is 379 Å². The third-order valence-corrected chi connectivity index (χ3v) is 16.5. The van der Waals surface area contributed by atoms with Crippen LogP contribution in [0.25, 0.3) is 11.0 Å². The van der Waals surface area contributed by atoms with Gasteiger partial charge < -0.3 is 29.6 Å². The summed E-state index contributed by atoms with van der Waals surface area (Å²) in [5.41, 5.74) is 6.24. The van der Waals surface area contributed by atoms with Gasteiger partial charge in [0.15, 0.2) is 0 Å². The number of sulfonamides is 1. The number of hydrogen-bond donors (Lipinski definition) is 3. The molecule has 1 atom stereocenters. The summed E-state index contributed by atoms with van der Waals surface area (Å²) in [5.74, 6) is 0.587. The van der Waals surface area contributed by atoms with Crippen LogP contribution < -0.4 is 24.6 Å². The molecule has 1 spiro atoms. The van der Waals surface area contributed by atoms with Crippen LogP contribution in [0.4, 0.5) is 28.4 Å². The van der Waals surface area contributed by atoms with Gasteiger partial charge >= 0.3 is 0 Å². The highest BCUT2D eigenvalue weighted by Crippen LogP contribution is 2.55. The van der Waals surface area contributed by atoms with Gasteiger partial charge in [0.2, 0.25) is 5.88 Å². The molecule has 2 saturated carbocycles. The minimum absolute atomic E-state index is 0.141. The van der Waals surface area contributed by atoms with E-state index in [9.17, 15) is 23.3 Å². The number of amides is 1. The number of carbonyl (C=O) groups excluding carboxylic acids is 1. The van der Waals surface area contributed by atoms with Crippen molar-refractivity contribution in [3.05, 3.63) is 106 Å². The fraction of sp³-hybridized carbons (Fsp3) is 0.469. The van der Waals surface area contributed by atoms with Gasteiger partial charge in [-0.1, -0.05) is 24.3 Å². The Morgan fingerprint density at radius 3 is 2.48 bits per heavy atom. The summed E-state index contributed by atoms with van der Waals surface area (Å²) in [6, 6.07) is 23.5. The van der Waals surface area contributed by atoms with Crippen LogP contribution in [0.1, 0.15) is 97.7 Å². The summed E-state index contributed by atoms with van der Waals surface area (Å²) in [4.78, 5) is 40.6. The van der Waals surface area contributed by atoms with E-state index >= 15 is 0 Å². The molecule has 0 bridgehead atoms. The van der Waals surface area contributed by atoms with Crippen molar-refractivity contribution >= 4 is 55.4 Å². The second-order valence-electron chi connectivity index (χ2n) is 19.1. The number of pyridine rings is 1. The van der Waals surface area contributed by atoms with E-state index in [1.165, 1.54) is 57.2 Å². The van der Waals surface area contributed by atoms with E-state index in [0.717, 1.165) is 61.8 Å². The van der Waals surface area contributed by atoms with Gasteiger partial charge in [0.25, 0.3) is 21.6 Å². The minimum Gasteiger partial charge on any atom is -0.474 e. The Hall–Kier alpha value is -5.71. The van der Waals surface area contributed by atoms with Crippen LogP contribution in [0.2, 0.25) is 0 Å². The number of carbonyl (C=O) groups is 1. The van der Waals surface area contributed by atoms with E-state index in [2.05, 4.69) is 49.1 Å². The maximum absolute atomic E-state index is 14.3. The average molecular weight is 901 g/mol. The van der Waals surface area contributed by atoms with Crippen LogP contribution in [-0.4, -0.2) is 92.7 Å². The van der Waals surface area contributed by atoms with Gasteiger partial charge in [0.05, 0.1) is 27.6 Å². The number of nitro groups is 1. The van der Waals surface area contributed by atoms with Gasteiger partial charge in [0.1, 0.15) is 23.6 Å². The number of aromatic amines is 1. The predicted molar refractivity (Wildman–Crippen MR) is 249 cm³/mol. The van der Waals surface area contributed by atoms with Crippen LogP contribution in [0.3, 0.4) is 0 Å². The number of hydrogen-bond acceptors (Lipinski definition) is 12. The third-order valence-electron chi connectivity index (χ3n) is 15.1. The number of H-pyrrole nitrogens is 1. The Morgan fingerprint density at radius 2 is 1.69 bits per heavy atom. The van der Waals surface area contributed by atoms with Gasteiger partial charge in [-0.15, -0.1) is 0 Å². The zero-order valence-electron chi connectivity index (χ0n) is 36.5. The number of rotatable bonds is 12. The SMILES string of the molecule is O=C(NS(=O)(=O)c1ccc(NCC2CCOCC2)c([N+](=O)[O-])c1)c1ccc(N2CCC3(CC2)CC(N2CCC[C@H]2c2ccccc2C2CC2)C3)cc1N1CCOc2nc3[nH]ccc3cc21. The molecule has 2 aliphatic carbocycles. The first-order valence-corrected chi connectivity index (χ1v) is 24.9. The summed E-state index contributed by atoms with van der Waals surface area (Å²) in [7, 11) is -4.54. The third kappa shape index (κ3) is 8.18. The smallest absolute Gasteiger partial charge is 0.293 e. The molecular formula is C49H56N8O7S. The summed E-state index contributed by atoms with van der Waals surface area (Å²) < 4.78 is 41.5. The Kier molecular flexibility index (Phi) is 10.9.